The number of hydrogen-bond acceptors (Lipinski definition) is 8. The van der Waals surface area contributed by atoms with Crippen LogP contribution in [0.4, 0.5) is 0 Å². The van der Waals surface area contributed by atoms with Crippen LogP contribution in [0, 0.1) is 45.3 Å². The molecule has 0 bridgehead atoms. The van der Waals surface area contributed by atoms with Crippen LogP contribution in [0.25, 0.3) is 21.8 Å². The molecular weight excluding hydrogens is 742 g/mol. The summed E-state index contributed by atoms with van der Waals surface area (Å²) in [5.41, 5.74) is 0.0140. The van der Waals surface area contributed by atoms with Crippen LogP contribution in [0.15, 0.2) is 158 Å². The molecule has 0 fully saturated rings. The molecule has 0 aliphatic rings. The molecule has 10 nitrogen and oxygen atoms in total. The molecule has 0 spiro atoms. The first-order chi connectivity index (χ1) is 26.2. The molecule has 0 amide bonds. The maximum atomic E-state index is 10.8. The van der Waals surface area contributed by atoms with Crippen molar-refractivity contribution in [1.29, 1.82) is 21.0 Å². The molecule has 0 saturated heterocycles. The van der Waals surface area contributed by atoms with E-state index in [1.807, 2.05) is 121 Å². The number of allylic oxidation sites excluding steroid dienone is 2. The number of nitrogens with zero attached hydrogens (tertiary/aromatic N) is 6. The van der Waals surface area contributed by atoms with Crippen LogP contribution >= 0.6 is 0 Å². The largest absolute Gasteiger partial charge is 2.00 e. The van der Waals surface area contributed by atoms with Crippen LogP contribution in [-0.2, 0) is 40.1 Å². The second kappa shape index (κ2) is 18.6. The number of carbonyl (C=O) groups excluding carboxylic acids is 2. The summed E-state index contributed by atoms with van der Waals surface area (Å²) < 4.78 is 3.35. The molecule has 11 heteroatoms. The third-order valence-corrected chi connectivity index (χ3v) is 9.30. The Kier molecular flexibility index (Phi) is 13.8. The number of aromatic nitrogens is 2. The molecule has 2 atom stereocenters. The van der Waals surface area contributed by atoms with E-state index in [9.17, 15) is 40.8 Å². The monoisotopic (exact) mass is 772 g/mol. The van der Waals surface area contributed by atoms with Gasteiger partial charge in [0, 0.05) is 24.2 Å². The number of hydrogen-bond donors (Lipinski definition) is 0. The standard InChI is InChI=1S/2C22H17N3O2.Zn/c2*23-15-22(16-24,25-14-13-18-9-4-5-11-20(18)25)19(10-6-12-21(26)27)17-7-2-1-3-8-17;/h2*1-9,11-14,19H,10H2,(H,26,27);/q;;+2/p-2/b2*12-6+;. The minimum atomic E-state index is -1.54. The van der Waals surface area contributed by atoms with Crippen molar-refractivity contribution in [3.63, 3.8) is 0 Å². The van der Waals surface area contributed by atoms with Crippen molar-refractivity contribution in [2.45, 2.75) is 35.8 Å². The molecule has 264 valence electrons. The molecular formula is C44H32N6O4Zn. The number of para-hydroxylation sites is 2. The number of carbonyl (C=O) groups is 2. The maximum Gasteiger partial charge on any atom is 2.00 e. The van der Waals surface area contributed by atoms with Crippen molar-refractivity contribution < 1.29 is 39.3 Å². The van der Waals surface area contributed by atoms with Crippen molar-refractivity contribution in [1.82, 2.24) is 9.13 Å². The van der Waals surface area contributed by atoms with Gasteiger partial charge in [0.25, 0.3) is 0 Å². The summed E-state index contributed by atoms with van der Waals surface area (Å²) in [5.74, 6) is -3.76. The zero-order chi connectivity index (χ0) is 38.6. The first-order valence-corrected chi connectivity index (χ1v) is 16.9. The van der Waals surface area contributed by atoms with Crippen molar-refractivity contribution in [2.75, 3.05) is 0 Å². The van der Waals surface area contributed by atoms with E-state index in [2.05, 4.69) is 24.3 Å². The fourth-order valence-corrected chi connectivity index (χ4v) is 6.76. The number of carboxylic acids is 2. The van der Waals surface area contributed by atoms with Gasteiger partial charge < -0.3 is 28.9 Å². The van der Waals surface area contributed by atoms with E-state index in [1.165, 1.54) is 12.2 Å². The summed E-state index contributed by atoms with van der Waals surface area (Å²) in [6.45, 7) is 0. The summed E-state index contributed by atoms with van der Waals surface area (Å²) >= 11 is 0. The van der Waals surface area contributed by atoms with E-state index in [0.717, 1.165) is 45.1 Å². The van der Waals surface area contributed by atoms with Gasteiger partial charge in [0.05, 0.1) is 23.0 Å². The molecule has 0 aliphatic heterocycles. The fourth-order valence-electron chi connectivity index (χ4n) is 6.76. The summed E-state index contributed by atoms with van der Waals surface area (Å²) in [6.07, 6.45) is 8.60. The predicted octanol–water partition coefficient (Wildman–Crippen LogP) is 5.73. The molecule has 0 aliphatic carbocycles. The Morgan fingerprint density at radius 1 is 0.545 bits per heavy atom. The number of rotatable bonds is 12. The second-order valence-corrected chi connectivity index (χ2v) is 12.3. The van der Waals surface area contributed by atoms with E-state index in [4.69, 9.17) is 0 Å². The number of nitriles is 4. The third-order valence-electron chi connectivity index (χ3n) is 9.30. The summed E-state index contributed by atoms with van der Waals surface area (Å²) in [4.78, 5) is 21.6. The van der Waals surface area contributed by atoms with Crippen LogP contribution in [0.5, 0.6) is 0 Å². The number of fused-ring (bicyclic) bond motifs is 2. The van der Waals surface area contributed by atoms with E-state index in [0.29, 0.717) is 0 Å². The quantitative estimate of drug-likeness (QED) is 0.112. The maximum absolute atomic E-state index is 10.8. The molecule has 6 rings (SSSR count). The minimum absolute atomic E-state index is 0. The van der Waals surface area contributed by atoms with Gasteiger partial charge in [0.1, 0.15) is 24.3 Å². The summed E-state index contributed by atoms with van der Waals surface area (Å²) in [6, 6.07) is 46.0. The smallest absolute Gasteiger partial charge is 0.545 e. The normalized spacial score (nSPS) is 12.3. The van der Waals surface area contributed by atoms with Gasteiger partial charge in [-0.1, -0.05) is 109 Å². The molecule has 55 heavy (non-hydrogen) atoms. The Labute approximate surface area is 331 Å². The molecule has 2 aromatic heterocycles. The Hall–Kier alpha value is -7.04. The van der Waals surface area contributed by atoms with Crippen LogP contribution in [0.3, 0.4) is 0 Å². The Morgan fingerprint density at radius 3 is 1.20 bits per heavy atom. The molecule has 2 heterocycles. The average molecular weight is 774 g/mol. The Balaban J connectivity index is 0.000000240. The summed E-state index contributed by atoms with van der Waals surface area (Å²) in [5, 5.41) is 63.8. The number of benzene rings is 4. The Morgan fingerprint density at radius 2 is 0.873 bits per heavy atom. The van der Waals surface area contributed by atoms with Crippen molar-refractivity contribution in [2.24, 2.45) is 0 Å². The third kappa shape index (κ3) is 8.62. The van der Waals surface area contributed by atoms with Crippen LogP contribution in [0.2, 0.25) is 0 Å². The predicted molar refractivity (Wildman–Crippen MR) is 198 cm³/mol. The van der Waals surface area contributed by atoms with Crippen molar-refractivity contribution in [3.8, 4) is 24.3 Å². The van der Waals surface area contributed by atoms with Gasteiger partial charge in [-0.05, 0) is 71.2 Å². The van der Waals surface area contributed by atoms with E-state index >= 15 is 0 Å². The van der Waals surface area contributed by atoms with Gasteiger partial charge in [0.15, 0.2) is 0 Å². The first-order valence-electron chi connectivity index (χ1n) is 16.9. The van der Waals surface area contributed by atoms with Crippen LogP contribution < -0.4 is 10.2 Å². The molecule has 0 N–H and O–H groups in total. The van der Waals surface area contributed by atoms with Crippen molar-refractivity contribution >= 4 is 33.7 Å². The van der Waals surface area contributed by atoms with Gasteiger partial charge in [-0.15, -0.1) is 0 Å². The molecule has 4 aromatic carbocycles. The van der Waals surface area contributed by atoms with E-state index < -0.39 is 34.9 Å². The van der Waals surface area contributed by atoms with Gasteiger partial charge in [-0.2, -0.15) is 21.0 Å². The number of carboxylic acid groups (broad SMARTS) is 2. The average Bonchev–Trinajstić information content (AvgIpc) is 3.84. The summed E-state index contributed by atoms with van der Waals surface area (Å²) in [7, 11) is 0. The molecule has 2 unspecified atom stereocenters. The van der Waals surface area contributed by atoms with E-state index in [-0.39, 0.29) is 32.3 Å². The minimum Gasteiger partial charge on any atom is -0.545 e. The van der Waals surface area contributed by atoms with Gasteiger partial charge in [0.2, 0.25) is 11.1 Å². The molecule has 0 radical (unpaired) electrons. The zero-order valence-corrected chi connectivity index (χ0v) is 32.6. The van der Waals surface area contributed by atoms with Gasteiger partial charge >= 0.3 is 19.5 Å². The second-order valence-electron chi connectivity index (χ2n) is 12.3. The molecule has 6 aromatic rings. The Bertz CT molecular complexity index is 2290. The fraction of sp³-hybridized carbons (Fsp3) is 0.136. The molecule has 0 saturated carbocycles. The first kappa shape index (κ1) is 40.7. The number of aliphatic carboxylic acids is 2. The van der Waals surface area contributed by atoms with Crippen LogP contribution in [0.1, 0.15) is 35.8 Å². The van der Waals surface area contributed by atoms with E-state index in [1.54, 1.807) is 21.5 Å². The van der Waals surface area contributed by atoms with Gasteiger partial charge in [-0.3, -0.25) is 0 Å². The zero-order valence-electron chi connectivity index (χ0n) is 29.6. The topological polar surface area (TPSA) is 185 Å². The van der Waals surface area contributed by atoms with Gasteiger partial charge in [-0.25, -0.2) is 0 Å². The van der Waals surface area contributed by atoms with Crippen LogP contribution in [-0.4, -0.2) is 21.1 Å². The van der Waals surface area contributed by atoms with Crippen molar-refractivity contribution in [3.05, 3.63) is 169 Å². The SMILES string of the molecule is N#CC(C#N)(C(C/C=C/C(=O)[O-])c1ccccc1)n1ccc2ccccc21.N#CC(C#N)(C(C/C=C/C(=O)[O-])c1ccccc1)n1ccc2ccccc21.[Zn+2].